The fourth-order valence-corrected chi connectivity index (χ4v) is 6.89. The molecule has 200 valence electrons. The third-order valence-corrected chi connectivity index (χ3v) is 8.61. The van der Waals surface area contributed by atoms with Crippen molar-refractivity contribution in [1.82, 2.24) is 5.32 Å². The highest BCUT2D eigenvalue weighted by molar-refractivity contribution is 14.1. The summed E-state index contributed by atoms with van der Waals surface area (Å²) in [4.78, 5) is 27.3. The van der Waals surface area contributed by atoms with Crippen LogP contribution in [0.1, 0.15) is 76.0 Å². The second-order valence-corrected chi connectivity index (χ2v) is 13.7. The number of carbonyl (C=O) groups is 2. The Morgan fingerprint density at radius 1 is 0.895 bits per heavy atom. The summed E-state index contributed by atoms with van der Waals surface area (Å²) < 4.78 is 12.9. The molecule has 2 aromatic carbocycles. The van der Waals surface area contributed by atoms with E-state index in [1.54, 1.807) is 7.11 Å². The molecule has 2 aromatic rings. The summed E-state index contributed by atoms with van der Waals surface area (Å²) in [5, 5.41) is 3.59. The zero-order valence-electron chi connectivity index (χ0n) is 23.1. The number of ether oxygens (including phenoxy) is 2. The van der Waals surface area contributed by atoms with Crippen molar-refractivity contribution in [3.05, 3.63) is 79.2 Å². The minimum absolute atomic E-state index is 0.117. The largest absolute Gasteiger partial charge is 0.493 e. The van der Waals surface area contributed by atoms with Crippen molar-refractivity contribution >= 4 is 34.2 Å². The molecule has 0 radical (unpaired) electrons. The third-order valence-electron chi connectivity index (χ3n) is 7.81. The van der Waals surface area contributed by atoms with E-state index < -0.39 is 5.92 Å². The maximum Gasteiger partial charge on any atom is 0.174 e. The molecule has 0 aromatic heterocycles. The third kappa shape index (κ3) is 5.16. The van der Waals surface area contributed by atoms with Crippen molar-refractivity contribution in [3.8, 4) is 11.5 Å². The van der Waals surface area contributed by atoms with Crippen LogP contribution in [0.4, 0.5) is 0 Å². The van der Waals surface area contributed by atoms with Gasteiger partial charge in [0.15, 0.2) is 23.1 Å². The van der Waals surface area contributed by atoms with Gasteiger partial charge in [-0.15, -0.1) is 0 Å². The number of hydrogen-bond donors (Lipinski definition) is 1. The fourth-order valence-electron chi connectivity index (χ4n) is 6.11. The summed E-state index contributed by atoms with van der Waals surface area (Å²) >= 11 is 2.27. The van der Waals surface area contributed by atoms with E-state index in [1.807, 2.05) is 6.07 Å². The van der Waals surface area contributed by atoms with E-state index in [2.05, 4.69) is 92.9 Å². The molecule has 2 aliphatic carbocycles. The number of dihydropyridines is 1. The molecule has 5 rings (SSSR count). The van der Waals surface area contributed by atoms with Gasteiger partial charge in [0.2, 0.25) is 0 Å². The highest BCUT2D eigenvalue weighted by Crippen LogP contribution is 2.52. The van der Waals surface area contributed by atoms with Crippen LogP contribution >= 0.6 is 22.6 Å². The average Bonchev–Trinajstić information content (AvgIpc) is 2.81. The van der Waals surface area contributed by atoms with Crippen molar-refractivity contribution in [3.63, 3.8) is 0 Å². The van der Waals surface area contributed by atoms with Crippen LogP contribution in [0.15, 0.2) is 58.9 Å². The molecule has 0 fully saturated rings. The molecule has 0 unspecified atom stereocenters. The van der Waals surface area contributed by atoms with Crippen molar-refractivity contribution in [2.75, 3.05) is 7.11 Å². The minimum atomic E-state index is -0.401. The maximum atomic E-state index is 13.6. The fraction of sp³-hybridized carbons (Fsp3) is 0.438. The summed E-state index contributed by atoms with van der Waals surface area (Å²) in [6.07, 6.45) is 2.50. The lowest BCUT2D eigenvalue weighted by atomic mass is 9.64. The van der Waals surface area contributed by atoms with Crippen LogP contribution in [0.5, 0.6) is 11.5 Å². The topological polar surface area (TPSA) is 64.6 Å². The summed E-state index contributed by atoms with van der Waals surface area (Å²) in [6, 6.07) is 12.3. The second-order valence-electron chi connectivity index (χ2n) is 12.5. The van der Waals surface area contributed by atoms with Crippen LogP contribution in [0.25, 0.3) is 0 Å². The molecule has 0 saturated carbocycles. The van der Waals surface area contributed by atoms with E-state index in [0.29, 0.717) is 30.9 Å². The van der Waals surface area contributed by atoms with Gasteiger partial charge in [0.25, 0.3) is 0 Å². The SMILES string of the molecule is COc1cc(C2C3=C(CC(C)(C)CC3=O)NC3=C2C(=O)CC(C)(C)C3)cc(I)c1OCc1ccc(C)cc1. The number of hydrogen-bond acceptors (Lipinski definition) is 5. The Labute approximate surface area is 239 Å². The maximum absolute atomic E-state index is 13.6. The van der Waals surface area contributed by atoms with Crippen LogP contribution in [-0.4, -0.2) is 18.7 Å². The monoisotopic (exact) mass is 625 g/mol. The summed E-state index contributed by atoms with van der Waals surface area (Å²) in [6.45, 7) is 11.0. The Kier molecular flexibility index (Phi) is 6.99. The molecular formula is C32H36INO4. The van der Waals surface area contributed by atoms with Crippen molar-refractivity contribution in [2.24, 2.45) is 10.8 Å². The lowest BCUT2D eigenvalue weighted by Crippen LogP contribution is -2.42. The normalized spacial score (nSPS) is 20.6. The van der Waals surface area contributed by atoms with Crippen LogP contribution in [0, 0.1) is 21.3 Å². The summed E-state index contributed by atoms with van der Waals surface area (Å²) in [7, 11) is 1.63. The van der Waals surface area contributed by atoms with Crippen molar-refractivity contribution in [2.45, 2.75) is 72.8 Å². The van der Waals surface area contributed by atoms with Gasteiger partial charge in [-0.05, 0) is 76.4 Å². The standard InChI is InChI=1S/C32H36INO4/c1-18-7-9-19(10-8-18)17-38-30-21(33)11-20(12-26(30)37-6)27-28-22(13-31(2,3)15-24(28)35)34-23-14-32(4,5)16-25(36)29(23)27/h7-12,27,34H,13-17H2,1-6H3. The van der Waals surface area contributed by atoms with E-state index in [-0.39, 0.29) is 22.4 Å². The Morgan fingerprint density at radius 3 is 1.97 bits per heavy atom. The van der Waals surface area contributed by atoms with Crippen LogP contribution in [-0.2, 0) is 16.2 Å². The zero-order chi connectivity index (χ0) is 27.4. The summed E-state index contributed by atoms with van der Waals surface area (Å²) in [5.74, 6) is 1.11. The highest BCUT2D eigenvalue weighted by Gasteiger charge is 2.46. The van der Waals surface area contributed by atoms with Gasteiger partial charge in [-0.2, -0.15) is 0 Å². The number of halogens is 1. The van der Waals surface area contributed by atoms with E-state index in [1.165, 1.54) is 5.56 Å². The lowest BCUT2D eigenvalue weighted by Gasteiger charge is -2.44. The highest BCUT2D eigenvalue weighted by atomic mass is 127. The van der Waals surface area contributed by atoms with Crippen molar-refractivity contribution in [1.29, 1.82) is 0 Å². The van der Waals surface area contributed by atoms with E-state index in [4.69, 9.17) is 9.47 Å². The first-order chi connectivity index (χ1) is 17.9. The molecule has 6 heteroatoms. The average molecular weight is 626 g/mol. The molecule has 1 heterocycles. The first kappa shape index (κ1) is 27.0. The van der Waals surface area contributed by atoms with Crippen LogP contribution in [0.2, 0.25) is 0 Å². The molecule has 0 spiro atoms. The van der Waals surface area contributed by atoms with Gasteiger partial charge < -0.3 is 14.8 Å². The van der Waals surface area contributed by atoms with Gasteiger partial charge >= 0.3 is 0 Å². The van der Waals surface area contributed by atoms with Crippen molar-refractivity contribution < 1.29 is 19.1 Å². The Balaban J connectivity index is 1.59. The molecule has 5 nitrogen and oxygen atoms in total. The number of carbonyl (C=O) groups excluding carboxylic acids is 2. The molecule has 0 bridgehead atoms. The summed E-state index contributed by atoms with van der Waals surface area (Å²) in [5.41, 5.74) is 6.34. The molecular weight excluding hydrogens is 589 g/mol. The van der Waals surface area contributed by atoms with Gasteiger partial charge in [0.1, 0.15) is 6.61 Å². The quantitative estimate of drug-likeness (QED) is 0.358. The number of rotatable bonds is 5. The molecule has 38 heavy (non-hydrogen) atoms. The van der Waals surface area contributed by atoms with Gasteiger partial charge in [-0.1, -0.05) is 57.5 Å². The molecule has 1 aliphatic heterocycles. The van der Waals surface area contributed by atoms with E-state index >= 15 is 0 Å². The second kappa shape index (κ2) is 9.85. The number of ketones is 2. The Hall–Kier alpha value is -2.61. The van der Waals surface area contributed by atoms with Gasteiger partial charge in [-0.25, -0.2) is 0 Å². The number of Topliss-reactive ketones (excluding diaryl/α,β-unsaturated/α-hetero) is 2. The van der Waals surface area contributed by atoms with E-state index in [0.717, 1.165) is 50.1 Å². The number of nitrogens with one attached hydrogen (secondary N) is 1. The molecule has 0 amide bonds. The predicted molar refractivity (Wildman–Crippen MR) is 157 cm³/mol. The molecule has 0 atom stereocenters. The number of aryl methyl sites for hydroxylation is 1. The predicted octanol–water partition coefficient (Wildman–Crippen LogP) is 7.16. The Morgan fingerprint density at radius 2 is 1.45 bits per heavy atom. The molecule has 1 N–H and O–H groups in total. The smallest absolute Gasteiger partial charge is 0.174 e. The van der Waals surface area contributed by atoms with E-state index in [9.17, 15) is 9.59 Å². The van der Waals surface area contributed by atoms with Gasteiger partial charge in [0, 0.05) is 41.3 Å². The Bertz CT molecular complexity index is 1330. The zero-order valence-corrected chi connectivity index (χ0v) is 25.2. The first-order valence-corrected chi connectivity index (χ1v) is 14.3. The number of allylic oxidation sites excluding steroid dienone is 4. The van der Waals surface area contributed by atoms with Gasteiger partial charge in [-0.3, -0.25) is 9.59 Å². The van der Waals surface area contributed by atoms with Gasteiger partial charge in [0.05, 0.1) is 10.7 Å². The molecule has 0 saturated heterocycles. The van der Waals surface area contributed by atoms with Crippen LogP contribution in [0.3, 0.4) is 0 Å². The molecule has 3 aliphatic rings. The minimum Gasteiger partial charge on any atom is -0.493 e. The van der Waals surface area contributed by atoms with Crippen LogP contribution < -0.4 is 14.8 Å². The first-order valence-electron chi connectivity index (χ1n) is 13.2. The number of benzene rings is 2. The lowest BCUT2D eigenvalue weighted by molar-refractivity contribution is -0.119. The number of methoxy groups -OCH3 is 1.